The number of hydrogen-bond acceptors (Lipinski definition) is 7. The summed E-state index contributed by atoms with van der Waals surface area (Å²) in [4.78, 5) is 23.1. The van der Waals surface area contributed by atoms with E-state index in [1.807, 2.05) is 25.1 Å². The maximum Gasteiger partial charge on any atom is 0.257 e. The number of anilines is 1. The number of halogens is 2. The van der Waals surface area contributed by atoms with Crippen molar-refractivity contribution in [1.82, 2.24) is 20.0 Å². The van der Waals surface area contributed by atoms with Gasteiger partial charge >= 0.3 is 0 Å². The Morgan fingerprint density at radius 1 is 1.17 bits per heavy atom. The summed E-state index contributed by atoms with van der Waals surface area (Å²) in [5, 5.41) is 6.64. The zero-order chi connectivity index (χ0) is 24.9. The minimum Gasteiger partial charge on any atom is -0.491 e. The van der Waals surface area contributed by atoms with Gasteiger partial charge in [-0.3, -0.25) is 9.78 Å². The third-order valence-electron chi connectivity index (χ3n) is 5.04. The molecule has 0 saturated carbocycles. The van der Waals surface area contributed by atoms with Gasteiger partial charge in [-0.1, -0.05) is 11.2 Å². The van der Waals surface area contributed by atoms with Crippen LogP contribution >= 0.6 is 15.9 Å². The van der Waals surface area contributed by atoms with Crippen LogP contribution in [0, 0.1) is 12.7 Å². The second-order valence-electron chi connectivity index (χ2n) is 8.01. The lowest BCUT2D eigenvalue weighted by Crippen LogP contribution is -2.19. The number of aryl methyl sites for hydroxylation is 1. The van der Waals surface area contributed by atoms with Crippen molar-refractivity contribution in [1.29, 1.82) is 0 Å². The molecule has 0 bridgehead atoms. The van der Waals surface area contributed by atoms with Crippen molar-refractivity contribution >= 4 is 27.5 Å². The van der Waals surface area contributed by atoms with Gasteiger partial charge in [-0.2, -0.15) is 4.98 Å². The molecule has 0 atom stereocenters. The minimum atomic E-state index is -0.480. The lowest BCUT2D eigenvalue weighted by atomic mass is 10.1. The van der Waals surface area contributed by atoms with Crippen LogP contribution in [-0.4, -0.2) is 53.2 Å². The van der Waals surface area contributed by atoms with Crippen molar-refractivity contribution in [2.24, 2.45) is 0 Å². The summed E-state index contributed by atoms with van der Waals surface area (Å²) in [5.41, 5.74) is 2.12. The van der Waals surface area contributed by atoms with E-state index in [0.29, 0.717) is 52.1 Å². The highest BCUT2D eigenvalue weighted by molar-refractivity contribution is 9.10. The first-order valence-electron chi connectivity index (χ1n) is 10.8. The Hall–Kier alpha value is -3.63. The Morgan fingerprint density at radius 3 is 2.66 bits per heavy atom. The van der Waals surface area contributed by atoms with Gasteiger partial charge in [-0.05, 0) is 66.4 Å². The average Bonchev–Trinajstić information content (AvgIpc) is 3.27. The highest BCUT2D eigenvalue weighted by Crippen LogP contribution is 2.29. The molecule has 2 aromatic carbocycles. The van der Waals surface area contributed by atoms with E-state index in [9.17, 15) is 9.18 Å². The summed E-state index contributed by atoms with van der Waals surface area (Å²) in [6.07, 6.45) is 1.41. The first-order chi connectivity index (χ1) is 16.8. The van der Waals surface area contributed by atoms with Gasteiger partial charge in [0.2, 0.25) is 11.7 Å². The SMILES string of the molecule is Cc1nc(-c2ccc(-c3ccc(C(=O)Nc4ccc(Br)c(OCCN(C)C)c4)cn3)c(F)c2)no1. The van der Waals surface area contributed by atoms with Gasteiger partial charge in [0.05, 0.1) is 15.7 Å². The molecule has 0 radical (unpaired) electrons. The second kappa shape index (κ2) is 10.7. The van der Waals surface area contributed by atoms with Crippen molar-refractivity contribution in [3.63, 3.8) is 0 Å². The normalized spacial score (nSPS) is 11.0. The van der Waals surface area contributed by atoms with Crippen LogP contribution in [0.15, 0.2) is 63.7 Å². The molecule has 180 valence electrons. The van der Waals surface area contributed by atoms with E-state index in [1.165, 1.54) is 12.3 Å². The summed E-state index contributed by atoms with van der Waals surface area (Å²) in [5.74, 6) is 0.525. The zero-order valence-electron chi connectivity index (χ0n) is 19.4. The lowest BCUT2D eigenvalue weighted by Gasteiger charge is -2.13. The van der Waals surface area contributed by atoms with Crippen LogP contribution in [-0.2, 0) is 0 Å². The lowest BCUT2D eigenvalue weighted by molar-refractivity contribution is 0.102. The monoisotopic (exact) mass is 539 g/mol. The molecule has 35 heavy (non-hydrogen) atoms. The maximum absolute atomic E-state index is 14.8. The number of carbonyl (C=O) groups excluding carboxylic acids is 1. The van der Waals surface area contributed by atoms with Crippen LogP contribution in [0.3, 0.4) is 0 Å². The number of carbonyl (C=O) groups is 1. The number of nitrogens with one attached hydrogen (secondary N) is 1. The molecule has 2 heterocycles. The molecule has 2 aromatic heterocycles. The van der Waals surface area contributed by atoms with E-state index in [4.69, 9.17) is 9.26 Å². The molecule has 10 heteroatoms. The Balaban J connectivity index is 1.45. The van der Waals surface area contributed by atoms with E-state index in [2.05, 4.69) is 36.4 Å². The van der Waals surface area contributed by atoms with Crippen molar-refractivity contribution in [3.8, 4) is 28.4 Å². The third kappa shape index (κ3) is 6.09. The number of nitrogens with zero attached hydrogens (tertiary/aromatic N) is 4. The van der Waals surface area contributed by atoms with E-state index < -0.39 is 5.82 Å². The summed E-state index contributed by atoms with van der Waals surface area (Å²) >= 11 is 3.46. The Bertz CT molecular complexity index is 1340. The molecular weight excluding hydrogens is 517 g/mol. The first-order valence-corrected chi connectivity index (χ1v) is 11.5. The standard InChI is InChI=1S/C25H23BrFN5O3/c1-15-29-24(31-35-15)16-4-7-19(21(27)12-16)22-9-5-17(14-28-22)25(33)30-18-6-8-20(26)23(13-18)34-11-10-32(2)3/h4-9,12-14H,10-11H2,1-3H3,(H,30,33). The number of aromatic nitrogens is 3. The van der Waals surface area contributed by atoms with E-state index >= 15 is 0 Å². The smallest absolute Gasteiger partial charge is 0.257 e. The summed E-state index contributed by atoms with van der Waals surface area (Å²) in [7, 11) is 3.93. The summed E-state index contributed by atoms with van der Waals surface area (Å²) in [6.45, 7) is 2.94. The molecule has 4 rings (SSSR count). The van der Waals surface area contributed by atoms with Crippen LogP contribution in [0.4, 0.5) is 10.1 Å². The van der Waals surface area contributed by atoms with Gasteiger partial charge < -0.3 is 19.5 Å². The van der Waals surface area contributed by atoms with Crippen molar-refractivity contribution in [2.75, 3.05) is 32.6 Å². The number of benzene rings is 2. The molecular formula is C25H23BrFN5O3. The van der Waals surface area contributed by atoms with Crippen molar-refractivity contribution in [3.05, 3.63) is 76.5 Å². The molecule has 0 unspecified atom stereocenters. The van der Waals surface area contributed by atoms with E-state index in [1.54, 1.807) is 43.3 Å². The molecule has 0 fully saturated rings. The number of rotatable bonds is 8. The molecule has 0 spiro atoms. The molecule has 0 aliphatic carbocycles. The quantitative estimate of drug-likeness (QED) is 0.328. The second-order valence-corrected chi connectivity index (χ2v) is 8.87. The van der Waals surface area contributed by atoms with Crippen LogP contribution in [0.5, 0.6) is 5.75 Å². The van der Waals surface area contributed by atoms with Gasteiger partial charge in [0, 0.05) is 42.5 Å². The van der Waals surface area contributed by atoms with Gasteiger partial charge in [0.15, 0.2) is 0 Å². The van der Waals surface area contributed by atoms with Crippen LogP contribution in [0.1, 0.15) is 16.2 Å². The van der Waals surface area contributed by atoms with Crippen LogP contribution < -0.4 is 10.1 Å². The fraction of sp³-hybridized carbons (Fsp3) is 0.200. The Morgan fingerprint density at radius 2 is 2.00 bits per heavy atom. The number of pyridine rings is 1. The van der Waals surface area contributed by atoms with E-state index in [0.717, 1.165) is 11.0 Å². The highest BCUT2D eigenvalue weighted by Gasteiger charge is 2.14. The van der Waals surface area contributed by atoms with Crippen molar-refractivity contribution in [2.45, 2.75) is 6.92 Å². The predicted octanol–water partition coefficient (Wildman–Crippen LogP) is 5.20. The number of amides is 1. The largest absolute Gasteiger partial charge is 0.491 e. The molecule has 0 aliphatic heterocycles. The number of likely N-dealkylation sites (N-methyl/N-ethyl adjacent to an activating group) is 1. The number of hydrogen-bond donors (Lipinski definition) is 1. The molecule has 0 saturated heterocycles. The summed E-state index contributed by atoms with van der Waals surface area (Å²) < 4.78 is 26.3. The van der Waals surface area contributed by atoms with Crippen LogP contribution in [0.2, 0.25) is 0 Å². The predicted molar refractivity (Wildman–Crippen MR) is 134 cm³/mol. The van der Waals surface area contributed by atoms with Gasteiger partial charge in [-0.25, -0.2) is 4.39 Å². The highest BCUT2D eigenvalue weighted by atomic mass is 79.9. The molecule has 4 aromatic rings. The van der Waals surface area contributed by atoms with Gasteiger partial charge in [0.1, 0.15) is 18.2 Å². The van der Waals surface area contributed by atoms with Gasteiger partial charge in [0.25, 0.3) is 5.91 Å². The average molecular weight is 540 g/mol. The molecule has 1 N–H and O–H groups in total. The maximum atomic E-state index is 14.8. The Kier molecular flexibility index (Phi) is 7.52. The minimum absolute atomic E-state index is 0.299. The topological polar surface area (TPSA) is 93.4 Å². The third-order valence-corrected chi connectivity index (χ3v) is 5.70. The molecule has 0 aliphatic rings. The van der Waals surface area contributed by atoms with Gasteiger partial charge in [-0.15, -0.1) is 0 Å². The molecule has 8 nitrogen and oxygen atoms in total. The van der Waals surface area contributed by atoms with E-state index in [-0.39, 0.29) is 5.91 Å². The molecule has 1 amide bonds. The summed E-state index contributed by atoms with van der Waals surface area (Å²) in [6, 6.07) is 13.1. The fourth-order valence-electron chi connectivity index (χ4n) is 3.20. The Labute approximate surface area is 210 Å². The fourth-order valence-corrected chi connectivity index (χ4v) is 3.56. The number of ether oxygens (including phenoxy) is 1. The zero-order valence-corrected chi connectivity index (χ0v) is 21.0. The first kappa shape index (κ1) is 24.5. The van der Waals surface area contributed by atoms with Crippen molar-refractivity contribution < 1.29 is 18.4 Å². The van der Waals surface area contributed by atoms with Crippen LogP contribution in [0.25, 0.3) is 22.6 Å².